The molecule has 0 aromatic rings. The Morgan fingerprint density at radius 3 is 2.41 bits per heavy atom. The monoisotopic (exact) mass is 308 g/mol. The zero-order valence-corrected chi connectivity index (χ0v) is 14.0. The molecule has 0 unspecified atom stereocenters. The minimum atomic E-state index is -0.835. The van der Waals surface area contributed by atoms with E-state index in [1.54, 1.807) is 4.90 Å². The van der Waals surface area contributed by atoms with Crippen molar-refractivity contribution in [1.29, 1.82) is 0 Å². The van der Waals surface area contributed by atoms with Gasteiger partial charge in [0.1, 0.15) is 12.1 Å². The third kappa shape index (κ3) is 2.45. The van der Waals surface area contributed by atoms with Crippen LogP contribution in [-0.2, 0) is 19.1 Å². The van der Waals surface area contributed by atoms with Gasteiger partial charge in [0.2, 0.25) is 12.0 Å². The lowest BCUT2D eigenvalue weighted by Gasteiger charge is -2.34. The van der Waals surface area contributed by atoms with Gasteiger partial charge in [0.25, 0.3) is 0 Å². The Bertz CT molecular complexity index is 543. The van der Waals surface area contributed by atoms with E-state index in [0.717, 1.165) is 0 Å². The maximum absolute atomic E-state index is 12.8. The van der Waals surface area contributed by atoms with Crippen LogP contribution in [0.5, 0.6) is 0 Å². The van der Waals surface area contributed by atoms with Gasteiger partial charge in [0, 0.05) is 12.5 Å². The molecule has 2 rings (SSSR count). The molecule has 122 valence electrons. The van der Waals surface area contributed by atoms with Crippen LogP contribution < -0.4 is 0 Å². The molecule has 22 heavy (non-hydrogen) atoms. The van der Waals surface area contributed by atoms with E-state index >= 15 is 0 Å². The Morgan fingerprint density at radius 1 is 1.36 bits per heavy atom. The Labute approximate surface area is 130 Å². The summed E-state index contributed by atoms with van der Waals surface area (Å²) >= 11 is 0. The molecule has 1 saturated heterocycles. The van der Waals surface area contributed by atoms with Gasteiger partial charge in [0.05, 0.1) is 7.11 Å². The number of rotatable bonds is 3. The van der Waals surface area contributed by atoms with Crippen LogP contribution in [0.2, 0.25) is 0 Å². The van der Waals surface area contributed by atoms with Gasteiger partial charge in [-0.15, -0.1) is 0 Å². The summed E-state index contributed by atoms with van der Waals surface area (Å²) in [6.45, 7) is 10.2. The van der Waals surface area contributed by atoms with Gasteiger partial charge in [-0.05, 0) is 16.7 Å². The fraction of sp³-hybridized carbons (Fsp3) is 0.812. The van der Waals surface area contributed by atoms with Crippen LogP contribution >= 0.6 is 0 Å². The predicted molar refractivity (Wildman–Crippen MR) is 79.6 cm³/mol. The highest BCUT2D eigenvalue weighted by Crippen LogP contribution is 2.65. The van der Waals surface area contributed by atoms with Crippen molar-refractivity contribution in [3.05, 3.63) is 0 Å². The summed E-state index contributed by atoms with van der Waals surface area (Å²) < 4.78 is 4.89. The SMILES string of the molecule is COC(=O)[C@@H]1[C@@H]2[C@H](CN1C(=O)[C@H](N=C=O)C(C)(C)C)C2(C)C. The second-order valence-corrected chi connectivity index (χ2v) is 7.90. The molecule has 2 aliphatic rings. The van der Waals surface area contributed by atoms with Gasteiger partial charge in [-0.25, -0.2) is 9.59 Å². The molecule has 6 heteroatoms. The second-order valence-electron chi connectivity index (χ2n) is 7.90. The van der Waals surface area contributed by atoms with Crippen LogP contribution in [0.3, 0.4) is 0 Å². The quantitative estimate of drug-likeness (QED) is 0.448. The highest BCUT2D eigenvalue weighted by atomic mass is 16.5. The largest absolute Gasteiger partial charge is 0.467 e. The average molecular weight is 308 g/mol. The number of methoxy groups -OCH3 is 1. The van der Waals surface area contributed by atoms with Gasteiger partial charge in [-0.3, -0.25) is 4.79 Å². The number of likely N-dealkylation sites (tertiary alicyclic amines) is 1. The van der Waals surface area contributed by atoms with E-state index in [2.05, 4.69) is 18.8 Å². The number of fused-ring (bicyclic) bond motifs is 1. The lowest BCUT2D eigenvalue weighted by atomic mass is 9.85. The molecule has 1 saturated carbocycles. The summed E-state index contributed by atoms with van der Waals surface area (Å²) in [4.78, 5) is 40.9. The van der Waals surface area contributed by atoms with E-state index in [-0.39, 0.29) is 17.2 Å². The zero-order valence-electron chi connectivity index (χ0n) is 14.0. The maximum Gasteiger partial charge on any atom is 0.328 e. The molecular weight excluding hydrogens is 284 g/mol. The molecule has 0 N–H and O–H groups in total. The Kier molecular flexibility index (Phi) is 3.94. The normalized spacial score (nSPS) is 30.1. The van der Waals surface area contributed by atoms with Crippen LogP contribution in [0, 0.1) is 22.7 Å². The minimum Gasteiger partial charge on any atom is -0.467 e. The first-order valence-corrected chi connectivity index (χ1v) is 7.52. The molecule has 0 aromatic carbocycles. The number of isocyanates is 1. The van der Waals surface area contributed by atoms with Gasteiger partial charge in [-0.1, -0.05) is 34.6 Å². The van der Waals surface area contributed by atoms with E-state index in [1.807, 2.05) is 20.8 Å². The van der Waals surface area contributed by atoms with Crippen molar-refractivity contribution in [1.82, 2.24) is 4.90 Å². The number of amides is 1. The van der Waals surface area contributed by atoms with Crippen molar-refractivity contribution >= 4 is 18.0 Å². The Balaban J connectivity index is 2.29. The maximum atomic E-state index is 12.8. The first-order chi connectivity index (χ1) is 10.1. The van der Waals surface area contributed by atoms with Crippen LogP contribution in [0.25, 0.3) is 0 Å². The Morgan fingerprint density at radius 2 is 1.95 bits per heavy atom. The fourth-order valence-electron chi connectivity index (χ4n) is 3.73. The highest BCUT2D eigenvalue weighted by Gasteiger charge is 2.70. The molecule has 4 atom stereocenters. The molecule has 1 aliphatic carbocycles. The molecule has 6 nitrogen and oxygen atoms in total. The topological polar surface area (TPSA) is 76.0 Å². The smallest absolute Gasteiger partial charge is 0.328 e. The molecule has 0 bridgehead atoms. The van der Waals surface area contributed by atoms with Crippen LogP contribution in [0.4, 0.5) is 0 Å². The van der Waals surface area contributed by atoms with Gasteiger partial charge >= 0.3 is 5.97 Å². The summed E-state index contributed by atoms with van der Waals surface area (Å²) in [5, 5.41) is 0. The van der Waals surface area contributed by atoms with Gasteiger partial charge < -0.3 is 9.64 Å². The highest BCUT2D eigenvalue weighted by molar-refractivity contribution is 5.90. The lowest BCUT2D eigenvalue weighted by molar-refractivity contribution is -0.154. The number of aliphatic imine (C=N–C) groups is 1. The second kappa shape index (κ2) is 5.20. The first-order valence-electron chi connectivity index (χ1n) is 7.52. The average Bonchev–Trinajstić information content (AvgIpc) is 2.79. The molecule has 2 fully saturated rings. The van der Waals surface area contributed by atoms with Crippen molar-refractivity contribution < 1.29 is 19.1 Å². The van der Waals surface area contributed by atoms with E-state index in [4.69, 9.17) is 4.74 Å². The minimum absolute atomic E-state index is 0.0425. The van der Waals surface area contributed by atoms with Crippen molar-refractivity contribution in [3.8, 4) is 0 Å². The summed E-state index contributed by atoms with van der Waals surface area (Å²) in [6, 6.07) is -1.41. The number of nitrogens with zero attached hydrogens (tertiary/aromatic N) is 2. The number of carbonyl (C=O) groups is 2. The van der Waals surface area contributed by atoms with Crippen molar-refractivity contribution in [3.63, 3.8) is 0 Å². The number of ether oxygens (including phenoxy) is 1. The summed E-state index contributed by atoms with van der Waals surface area (Å²) in [7, 11) is 1.33. The van der Waals surface area contributed by atoms with Crippen molar-refractivity contribution in [2.24, 2.45) is 27.7 Å². The molecule has 0 spiro atoms. The van der Waals surface area contributed by atoms with E-state index in [1.165, 1.54) is 13.2 Å². The van der Waals surface area contributed by atoms with Crippen LogP contribution in [-0.4, -0.2) is 48.6 Å². The molecule has 1 aliphatic heterocycles. The third-order valence-electron chi connectivity index (χ3n) is 5.17. The van der Waals surface area contributed by atoms with Crippen LogP contribution in [0.1, 0.15) is 34.6 Å². The predicted octanol–water partition coefficient (Wildman–Crippen LogP) is 1.39. The van der Waals surface area contributed by atoms with E-state index in [0.29, 0.717) is 12.5 Å². The lowest BCUT2D eigenvalue weighted by Crippen LogP contribution is -2.51. The van der Waals surface area contributed by atoms with Crippen LogP contribution in [0.15, 0.2) is 4.99 Å². The summed E-state index contributed by atoms with van der Waals surface area (Å²) in [5.41, 5.74) is -0.474. The molecule has 0 aromatic heterocycles. The first kappa shape index (κ1) is 16.7. The van der Waals surface area contributed by atoms with Gasteiger partial charge in [-0.2, -0.15) is 4.99 Å². The van der Waals surface area contributed by atoms with E-state index < -0.39 is 23.5 Å². The summed E-state index contributed by atoms with van der Waals surface area (Å²) in [6.07, 6.45) is 1.49. The van der Waals surface area contributed by atoms with Crippen molar-refractivity contribution in [2.45, 2.75) is 46.7 Å². The number of hydrogen-bond acceptors (Lipinski definition) is 5. The van der Waals surface area contributed by atoms with Gasteiger partial charge in [0.15, 0.2) is 0 Å². The number of esters is 1. The molecular formula is C16H24N2O4. The summed E-state index contributed by atoms with van der Waals surface area (Å²) in [5.74, 6) is -0.283. The third-order valence-corrected chi connectivity index (χ3v) is 5.17. The number of piperidine rings is 1. The Hall–Kier alpha value is -1.68. The molecule has 1 amide bonds. The molecule has 1 heterocycles. The zero-order chi connectivity index (χ0) is 16.9. The number of carbonyl (C=O) groups excluding carboxylic acids is 3. The molecule has 0 radical (unpaired) electrons. The van der Waals surface area contributed by atoms with E-state index in [9.17, 15) is 14.4 Å². The number of hydrogen-bond donors (Lipinski definition) is 0. The fourth-order valence-corrected chi connectivity index (χ4v) is 3.73. The van der Waals surface area contributed by atoms with Crippen molar-refractivity contribution in [2.75, 3.05) is 13.7 Å². The standard InChI is InChI=1S/C16H24N2O4/c1-15(2,3)12(17-8-19)13(20)18-7-9-10(16(9,4)5)11(18)14(21)22-6/h9-12H,7H2,1-6H3/t9-,10-,11-,12-/m0/s1.